The molecule has 0 nitrogen and oxygen atoms in total. The molecule has 0 heterocycles. The van der Waals surface area contributed by atoms with Crippen molar-refractivity contribution in [2.45, 2.75) is 0 Å². The van der Waals surface area contributed by atoms with Crippen molar-refractivity contribution in [2.24, 2.45) is 0 Å². The van der Waals surface area contributed by atoms with Gasteiger partial charge in [-0.25, -0.2) is 0 Å². The molecule has 0 saturated heterocycles. The fourth-order valence-electron chi connectivity index (χ4n) is 0. The molecule has 0 aliphatic carbocycles. The standard InChI is InChI=1S/Cu.6FH.Si/h;6*1H;/q+2;;;;;;;+4/p-6. The summed E-state index contributed by atoms with van der Waals surface area (Å²) in [6.07, 6.45) is 0. The minimum absolute atomic E-state index is 0. The fourth-order valence-corrected chi connectivity index (χ4v) is 0. The van der Waals surface area contributed by atoms with Gasteiger partial charge in [0.1, 0.15) is 0 Å². The van der Waals surface area contributed by atoms with Gasteiger partial charge in [-0.15, -0.1) is 0 Å². The Morgan fingerprint density at radius 1 is 0.375 bits per heavy atom. The first-order chi connectivity index (χ1) is 0. The Hall–Kier alpha value is 0.316. The maximum Gasteiger partial charge on any atom is 4.00 e. The third-order valence-corrected chi connectivity index (χ3v) is 0. The van der Waals surface area contributed by atoms with Gasteiger partial charge in [-0.2, -0.15) is 0 Å². The normalized spacial score (nSPS) is 0. The molecule has 0 aliphatic rings. The van der Waals surface area contributed by atoms with E-state index in [4.69, 9.17) is 0 Å². The number of halogens is 6. The van der Waals surface area contributed by atoms with E-state index in [0.717, 1.165) is 0 Å². The zero-order chi connectivity index (χ0) is 0. The molecule has 0 unspecified atom stereocenters. The SMILES string of the molecule is [Cu+2].[F-].[F-].[F-].[F-].[F-].[F-].[Si+4]. The van der Waals surface area contributed by atoms with E-state index < -0.39 is 0 Å². The molecular weight excluding hydrogens is 206 g/mol. The molecule has 8 heavy (non-hydrogen) atoms. The largest absolute Gasteiger partial charge is 4.00 e. The number of hydrogen-bond donors (Lipinski definition) is 0. The molecule has 0 aromatic carbocycles. The molecule has 0 bridgehead atoms. The van der Waals surface area contributed by atoms with Gasteiger partial charge in [-0.3, -0.25) is 0 Å². The molecule has 0 saturated carbocycles. The van der Waals surface area contributed by atoms with E-state index in [1.165, 1.54) is 0 Å². The molecule has 0 aliphatic heterocycles. The van der Waals surface area contributed by atoms with E-state index in [1.807, 2.05) is 0 Å². The summed E-state index contributed by atoms with van der Waals surface area (Å²) in [5.41, 5.74) is 0. The molecule has 0 spiro atoms. The summed E-state index contributed by atoms with van der Waals surface area (Å²) in [5.74, 6) is 0. The van der Waals surface area contributed by atoms with Crippen molar-refractivity contribution in [1.82, 2.24) is 0 Å². The second-order valence-corrected chi connectivity index (χ2v) is 0. The molecule has 0 aromatic rings. The van der Waals surface area contributed by atoms with Gasteiger partial charge in [0.15, 0.2) is 0 Å². The van der Waals surface area contributed by atoms with Crippen molar-refractivity contribution in [2.75, 3.05) is 0 Å². The van der Waals surface area contributed by atoms with Gasteiger partial charge in [0, 0.05) is 0 Å². The Bertz CT molecular complexity index is 8.49. The molecule has 0 fully saturated rings. The van der Waals surface area contributed by atoms with Crippen LogP contribution in [0.5, 0.6) is 0 Å². The summed E-state index contributed by atoms with van der Waals surface area (Å²) in [5, 5.41) is 0. The van der Waals surface area contributed by atoms with E-state index in [-0.39, 0.29) is 56.3 Å². The van der Waals surface area contributed by atoms with Crippen LogP contribution in [0.3, 0.4) is 0 Å². The van der Waals surface area contributed by atoms with Crippen molar-refractivity contribution in [3.05, 3.63) is 0 Å². The van der Waals surface area contributed by atoms with Crippen molar-refractivity contribution in [1.29, 1.82) is 0 Å². The summed E-state index contributed by atoms with van der Waals surface area (Å²) < 4.78 is 0. The topological polar surface area (TPSA) is 0 Å². The number of rotatable bonds is 0. The average Bonchev–Trinajstić information content (AvgIpc) is 0. The minimum Gasteiger partial charge on any atom is -1.00 e. The van der Waals surface area contributed by atoms with Crippen LogP contribution in [0.15, 0.2) is 0 Å². The Morgan fingerprint density at radius 3 is 0.375 bits per heavy atom. The smallest absolute Gasteiger partial charge is 1.00 e. The second kappa shape index (κ2) is 2920. The van der Waals surface area contributed by atoms with Crippen molar-refractivity contribution in [3.8, 4) is 0 Å². The fraction of sp³-hybridized carbons (Fsp3) is 0. The second-order valence-electron chi connectivity index (χ2n) is 0. The monoisotopic (exact) mass is 205 g/mol. The Kier molecular flexibility index (Phi) is 1620000. The van der Waals surface area contributed by atoms with E-state index in [1.54, 1.807) is 0 Å². The quantitative estimate of drug-likeness (QED) is 0.272. The zero-order valence-electron chi connectivity index (χ0n) is 3.07. The first-order valence-corrected chi connectivity index (χ1v) is 0. The summed E-state index contributed by atoms with van der Waals surface area (Å²) in [6, 6.07) is 0. The van der Waals surface area contributed by atoms with Gasteiger partial charge in [0.05, 0.1) is 0 Å². The van der Waals surface area contributed by atoms with E-state index in [2.05, 4.69) is 0 Å². The van der Waals surface area contributed by atoms with Gasteiger partial charge in [-0.1, -0.05) is 0 Å². The predicted octanol–water partition coefficient (Wildman–Crippen LogP) is -18.4. The summed E-state index contributed by atoms with van der Waals surface area (Å²) in [6.45, 7) is 0. The maximum atomic E-state index is 0. The van der Waals surface area contributed by atoms with Crippen molar-refractivity contribution < 1.29 is 45.3 Å². The molecule has 8 heteroatoms. The average molecular weight is 206 g/mol. The van der Waals surface area contributed by atoms with Crippen LogP contribution < -0.4 is 28.2 Å². The Balaban J connectivity index is 0. The van der Waals surface area contributed by atoms with Crippen LogP contribution in [-0.4, -0.2) is 11.0 Å². The van der Waals surface area contributed by atoms with Crippen molar-refractivity contribution >= 4 is 11.0 Å². The summed E-state index contributed by atoms with van der Waals surface area (Å²) in [7, 11) is 0. The van der Waals surface area contributed by atoms with E-state index >= 15 is 0 Å². The van der Waals surface area contributed by atoms with Crippen LogP contribution >= 0.6 is 0 Å². The molecular formula is CuF6Si. The molecule has 0 N–H and O–H groups in total. The van der Waals surface area contributed by atoms with E-state index in [9.17, 15) is 0 Å². The van der Waals surface area contributed by atoms with Gasteiger partial charge >= 0.3 is 28.0 Å². The number of hydrogen-bond acceptors (Lipinski definition) is 0. The molecule has 0 atom stereocenters. The Morgan fingerprint density at radius 2 is 0.375 bits per heavy atom. The van der Waals surface area contributed by atoms with Crippen LogP contribution in [0, 0.1) is 0 Å². The molecule has 0 rings (SSSR count). The third kappa shape index (κ3) is 1780. The molecule has 57 valence electrons. The van der Waals surface area contributed by atoms with Crippen LogP contribution in [0.25, 0.3) is 0 Å². The van der Waals surface area contributed by atoms with Crippen LogP contribution in [0.4, 0.5) is 0 Å². The van der Waals surface area contributed by atoms with Gasteiger partial charge in [-0.05, 0) is 0 Å². The Labute approximate surface area is 57.1 Å². The third-order valence-electron chi connectivity index (χ3n) is 0. The van der Waals surface area contributed by atoms with Crippen LogP contribution in [0.2, 0.25) is 0 Å². The predicted molar refractivity (Wildman–Crippen MR) is 5.75 cm³/mol. The van der Waals surface area contributed by atoms with Gasteiger partial charge in [0.2, 0.25) is 0 Å². The van der Waals surface area contributed by atoms with Crippen molar-refractivity contribution in [3.63, 3.8) is 0 Å². The summed E-state index contributed by atoms with van der Waals surface area (Å²) in [4.78, 5) is 0. The van der Waals surface area contributed by atoms with Crippen LogP contribution in [0.1, 0.15) is 0 Å². The van der Waals surface area contributed by atoms with Gasteiger partial charge in [0.25, 0.3) is 0 Å². The first kappa shape index (κ1) is 4450. The summed E-state index contributed by atoms with van der Waals surface area (Å²) >= 11 is 0. The maximum absolute atomic E-state index is 0. The van der Waals surface area contributed by atoms with E-state index in [0.29, 0.717) is 0 Å². The molecule has 1 radical (unpaired) electrons. The first-order valence-electron chi connectivity index (χ1n) is 0. The zero-order valence-corrected chi connectivity index (χ0v) is 5.01. The molecule has 0 aromatic heterocycles. The molecule has 0 amide bonds. The minimum atomic E-state index is 0. The van der Waals surface area contributed by atoms with Gasteiger partial charge < -0.3 is 28.2 Å². The van der Waals surface area contributed by atoms with Crippen LogP contribution in [-0.2, 0) is 17.1 Å².